The largest absolute Gasteiger partial charge is 0.411 e. The van der Waals surface area contributed by atoms with Gasteiger partial charge in [0.05, 0.1) is 11.1 Å². The van der Waals surface area contributed by atoms with E-state index in [1.807, 2.05) is 61.5 Å². The van der Waals surface area contributed by atoms with Crippen LogP contribution in [0.15, 0.2) is 70.3 Å². The molecular formula is C22H20BrFN2O. The number of nitrogens with zero attached hydrogens (tertiary/aromatic N) is 2. The van der Waals surface area contributed by atoms with E-state index in [0.717, 1.165) is 21.2 Å². The van der Waals surface area contributed by atoms with E-state index in [2.05, 4.69) is 26.1 Å². The molecule has 0 fully saturated rings. The van der Waals surface area contributed by atoms with Gasteiger partial charge in [-0.05, 0) is 67.3 Å². The summed E-state index contributed by atoms with van der Waals surface area (Å²) in [4.78, 5) is 3.88. The van der Waals surface area contributed by atoms with Crippen molar-refractivity contribution in [2.24, 2.45) is 5.16 Å². The van der Waals surface area contributed by atoms with E-state index >= 15 is 0 Å². The Hall–Kier alpha value is -2.53. The maximum Gasteiger partial charge on any atom is 0.213 e. The molecule has 0 saturated carbocycles. The number of hydrogen-bond acceptors (Lipinski definition) is 3. The number of oxime groups is 1. The smallest absolute Gasteiger partial charge is 0.213 e. The third-order valence-electron chi connectivity index (χ3n) is 4.87. The van der Waals surface area contributed by atoms with Crippen molar-refractivity contribution in [2.45, 2.75) is 26.2 Å². The standard InChI is InChI=1S/C22H20BrFN2O/c1-14-6-4-5-7-20(14)22(16(3)26-27,17-8-10-19(23)11-9-17)18-12-15(2)25-21(24)13-18/h4-13,27H,1-3H3. The van der Waals surface area contributed by atoms with Gasteiger partial charge in [-0.3, -0.25) is 0 Å². The van der Waals surface area contributed by atoms with Crippen molar-refractivity contribution < 1.29 is 9.60 Å². The van der Waals surface area contributed by atoms with Crippen LogP contribution in [0, 0.1) is 19.8 Å². The van der Waals surface area contributed by atoms with Crippen molar-refractivity contribution in [3.8, 4) is 0 Å². The second-order valence-electron chi connectivity index (χ2n) is 6.58. The lowest BCUT2D eigenvalue weighted by atomic mass is 9.65. The minimum absolute atomic E-state index is 0.448. The third kappa shape index (κ3) is 3.39. The fraction of sp³-hybridized carbons (Fsp3) is 0.182. The molecule has 1 N–H and O–H groups in total. The first-order chi connectivity index (χ1) is 12.9. The predicted octanol–water partition coefficient (Wildman–Crippen LogP) is 5.78. The Morgan fingerprint density at radius 1 is 1.04 bits per heavy atom. The molecule has 3 aromatic rings. The van der Waals surface area contributed by atoms with Gasteiger partial charge in [-0.2, -0.15) is 4.39 Å². The number of aryl methyl sites for hydroxylation is 2. The van der Waals surface area contributed by atoms with Gasteiger partial charge in [0, 0.05) is 10.2 Å². The maximum atomic E-state index is 14.3. The minimum Gasteiger partial charge on any atom is -0.411 e. The summed E-state index contributed by atoms with van der Waals surface area (Å²) in [6.07, 6.45) is 0. The Morgan fingerprint density at radius 2 is 1.70 bits per heavy atom. The average molecular weight is 427 g/mol. The Balaban J connectivity index is 2.50. The van der Waals surface area contributed by atoms with Gasteiger partial charge in [0.2, 0.25) is 5.95 Å². The highest BCUT2D eigenvalue weighted by molar-refractivity contribution is 9.10. The van der Waals surface area contributed by atoms with Gasteiger partial charge in [0.1, 0.15) is 0 Å². The zero-order valence-electron chi connectivity index (χ0n) is 15.4. The van der Waals surface area contributed by atoms with Gasteiger partial charge in [0.25, 0.3) is 0 Å². The molecule has 0 aliphatic carbocycles. The van der Waals surface area contributed by atoms with Gasteiger partial charge in [-0.1, -0.05) is 57.5 Å². The molecule has 27 heavy (non-hydrogen) atoms. The summed E-state index contributed by atoms with van der Waals surface area (Å²) >= 11 is 3.47. The Labute approximate surface area is 166 Å². The number of aromatic nitrogens is 1. The molecule has 1 heterocycles. The minimum atomic E-state index is -0.949. The molecule has 0 aliphatic heterocycles. The molecule has 1 unspecified atom stereocenters. The Morgan fingerprint density at radius 3 is 2.30 bits per heavy atom. The second-order valence-corrected chi connectivity index (χ2v) is 7.49. The lowest BCUT2D eigenvalue weighted by Crippen LogP contribution is -2.38. The molecule has 2 aromatic carbocycles. The molecule has 3 rings (SSSR count). The SMILES string of the molecule is CC(=NO)C(c1ccc(Br)cc1)(c1cc(C)nc(F)c1)c1ccccc1C. The molecule has 138 valence electrons. The van der Waals surface area contributed by atoms with Crippen LogP contribution in [0.1, 0.15) is 34.9 Å². The van der Waals surface area contributed by atoms with Crippen molar-refractivity contribution in [1.29, 1.82) is 0 Å². The monoisotopic (exact) mass is 426 g/mol. The van der Waals surface area contributed by atoms with Crippen molar-refractivity contribution in [3.63, 3.8) is 0 Å². The number of halogens is 2. The van der Waals surface area contributed by atoms with Gasteiger partial charge < -0.3 is 5.21 Å². The van der Waals surface area contributed by atoms with E-state index in [-0.39, 0.29) is 0 Å². The lowest BCUT2D eigenvalue weighted by molar-refractivity contribution is 0.315. The van der Waals surface area contributed by atoms with Crippen LogP contribution in [-0.4, -0.2) is 15.9 Å². The number of pyridine rings is 1. The number of hydrogen-bond donors (Lipinski definition) is 1. The topological polar surface area (TPSA) is 45.5 Å². The van der Waals surface area contributed by atoms with Crippen molar-refractivity contribution >= 4 is 21.6 Å². The highest BCUT2D eigenvalue weighted by Gasteiger charge is 2.41. The van der Waals surface area contributed by atoms with E-state index in [1.54, 1.807) is 13.8 Å². The van der Waals surface area contributed by atoms with E-state index in [4.69, 9.17) is 0 Å². The van der Waals surface area contributed by atoms with Gasteiger partial charge in [-0.25, -0.2) is 4.98 Å². The van der Waals surface area contributed by atoms with E-state index in [1.165, 1.54) is 6.07 Å². The zero-order valence-corrected chi connectivity index (χ0v) is 17.0. The van der Waals surface area contributed by atoms with E-state index in [9.17, 15) is 9.60 Å². The fourth-order valence-electron chi connectivity index (χ4n) is 3.70. The third-order valence-corrected chi connectivity index (χ3v) is 5.40. The Bertz CT molecular complexity index is 981. The van der Waals surface area contributed by atoms with Crippen LogP contribution in [-0.2, 0) is 5.41 Å². The zero-order chi connectivity index (χ0) is 19.6. The highest BCUT2D eigenvalue weighted by atomic mass is 79.9. The van der Waals surface area contributed by atoms with Crippen LogP contribution in [0.2, 0.25) is 0 Å². The number of rotatable bonds is 4. The summed E-state index contributed by atoms with van der Waals surface area (Å²) in [6.45, 7) is 5.50. The molecular weight excluding hydrogens is 407 g/mol. The summed E-state index contributed by atoms with van der Waals surface area (Å²) in [6, 6.07) is 18.9. The maximum absolute atomic E-state index is 14.3. The fourth-order valence-corrected chi connectivity index (χ4v) is 3.97. The van der Waals surface area contributed by atoms with Gasteiger partial charge >= 0.3 is 0 Å². The second kappa shape index (κ2) is 7.61. The lowest BCUT2D eigenvalue weighted by Gasteiger charge is -2.36. The van der Waals surface area contributed by atoms with Gasteiger partial charge in [-0.15, -0.1) is 0 Å². The summed E-state index contributed by atoms with van der Waals surface area (Å²) in [5.74, 6) is -0.564. The molecule has 3 nitrogen and oxygen atoms in total. The van der Waals surface area contributed by atoms with Crippen LogP contribution in [0.3, 0.4) is 0 Å². The molecule has 0 bridgehead atoms. The first kappa shape index (κ1) is 19.2. The van der Waals surface area contributed by atoms with Crippen LogP contribution in [0.5, 0.6) is 0 Å². The summed E-state index contributed by atoms with van der Waals surface area (Å²) in [5.41, 5.74) is 3.54. The summed E-state index contributed by atoms with van der Waals surface area (Å²) < 4.78 is 15.2. The molecule has 1 aromatic heterocycles. The molecule has 0 aliphatic rings. The van der Waals surface area contributed by atoms with E-state index < -0.39 is 11.4 Å². The molecule has 0 amide bonds. The van der Waals surface area contributed by atoms with Crippen LogP contribution >= 0.6 is 15.9 Å². The number of benzene rings is 2. The molecule has 0 saturated heterocycles. The van der Waals surface area contributed by atoms with Crippen LogP contribution in [0.4, 0.5) is 4.39 Å². The molecule has 5 heteroatoms. The Kier molecular flexibility index (Phi) is 5.42. The van der Waals surface area contributed by atoms with Crippen molar-refractivity contribution in [2.75, 3.05) is 0 Å². The average Bonchev–Trinajstić information content (AvgIpc) is 2.64. The van der Waals surface area contributed by atoms with Crippen molar-refractivity contribution in [3.05, 3.63) is 99.0 Å². The molecule has 0 radical (unpaired) electrons. The molecule has 1 atom stereocenters. The van der Waals surface area contributed by atoms with Crippen LogP contribution in [0.25, 0.3) is 0 Å². The van der Waals surface area contributed by atoms with Crippen molar-refractivity contribution in [1.82, 2.24) is 4.98 Å². The van der Waals surface area contributed by atoms with Gasteiger partial charge in [0.15, 0.2) is 0 Å². The summed E-state index contributed by atoms with van der Waals surface area (Å²) in [7, 11) is 0. The van der Waals surface area contributed by atoms with Crippen LogP contribution < -0.4 is 0 Å². The summed E-state index contributed by atoms with van der Waals surface area (Å²) in [5, 5.41) is 13.4. The predicted molar refractivity (Wildman–Crippen MR) is 109 cm³/mol. The normalized spacial score (nSPS) is 14.0. The molecule has 0 spiro atoms. The first-order valence-electron chi connectivity index (χ1n) is 8.55. The van der Waals surface area contributed by atoms with E-state index in [0.29, 0.717) is 17.0 Å². The highest BCUT2D eigenvalue weighted by Crippen LogP contribution is 2.42. The quantitative estimate of drug-likeness (QED) is 0.248. The first-order valence-corrected chi connectivity index (χ1v) is 9.35.